The van der Waals surface area contributed by atoms with Crippen molar-refractivity contribution >= 4 is 5.78 Å². The zero-order chi connectivity index (χ0) is 21.1. The van der Waals surface area contributed by atoms with Gasteiger partial charge in [0.1, 0.15) is 11.6 Å². The van der Waals surface area contributed by atoms with E-state index in [2.05, 4.69) is 37.7 Å². The molecule has 0 atom stereocenters. The second-order valence-electron chi connectivity index (χ2n) is 8.23. The molecule has 0 aliphatic heterocycles. The lowest BCUT2D eigenvalue weighted by Gasteiger charge is -2.13. The molecule has 0 saturated heterocycles. The third-order valence-electron chi connectivity index (χ3n) is 4.71. The van der Waals surface area contributed by atoms with E-state index in [4.69, 9.17) is 9.97 Å². The number of carbonyl (C=O) groups is 1. The average Bonchev–Trinajstić information content (AvgIpc) is 2.72. The van der Waals surface area contributed by atoms with Crippen LogP contribution in [0.25, 0.3) is 22.5 Å². The van der Waals surface area contributed by atoms with Gasteiger partial charge in [-0.2, -0.15) is 0 Å². The van der Waals surface area contributed by atoms with Crippen LogP contribution in [0.1, 0.15) is 75.4 Å². The molecule has 1 aromatic carbocycles. The van der Waals surface area contributed by atoms with Crippen molar-refractivity contribution in [2.45, 2.75) is 53.4 Å². The Morgan fingerprint density at radius 2 is 1.17 bits per heavy atom. The van der Waals surface area contributed by atoms with Crippen LogP contribution in [0.15, 0.2) is 42.7 Å². The summed E-state index contributed by atoms with van der Waals surface area (Å²) in [6.07, 6.45) is 3.55. The number of benzene rings is 1. The van der Waals surface area contributed by atoms with Crippen LogP contribution in [0, 0.1) is 5.92 Å². The molecule has 0 bridgehead atoms. The Bertz CT molecular complexity index is 955. The normalized spacial score (nSPS) is 11.5. The molecule has 3 rings (SSSR count). The summed E-state index contributed by atoms with van der Waals surface area (Å²) in [6.45, 7) is 12.1. The van der Waals surface area contributed by atoms with Gasteiger partial charge >= 0.3 is 0 Å². The first-order chi connectivity index (χ1) is 13.8. The first kappa shape index (κ1) is 20.8. The molecule has 5 heteroatoms. The summed E-state index contributed by atoms with van der Waals surface area (Å²) in [4.78, 5) is 30.9. The Balaban J connectivity index is 2.18. The maximum atomic E-state index is 12.8. The van der Waals surface area contributed by atoms with Crippen LogP contribution in [0.4, 0.5) is 0 Å². The lowest BCUT2D eigenvalue weighted by Crippen LogP contribution is -2.08. The molecule has 150 valence electrons. The van der Waals surface area contributed by atoms with Crippen molar-refractivity contribution in [3.05, 3.63) is 59.9 Å². The molecule has 0 saturated carbocycles. The summed E-state index contributed by atoms with van der Waals surface area (Å²) in [5, 5.41) is 0. The van der Waals surface area contributed by atoms with Gasteiger partial charge in [0.05, 0.1) is 11.4 Å². The molecule has 0 fully saturated rings. The minimum atomic E-state index is -0.0913. The summed E-state index contributed by atoms with van der Waals surface area (Å²) in [5.74, 6) is 2.04. The van der Waals surface area contributed by atoms with Crippen molar-refractivity contribution in [2.24, 2.45) is 5.92 Å². The average molecular weight is 389 g/mol. The molecule has 2 aromatic heterocycles. The van der Waals surface area contributed by atoms with E-state index in [9.17, 15) is 4.79 Å². The van der Waals surface area contributed by atoms with E-state index in [0.717, 1.165) is 34.2 Å². The third kappa shape index (κ3) is 4.73. The van der Waals surface area contributed by atoms with Crippen LogP contribution in [-0.2, 0) is 0 Å². The van der Waals surface area contributed by atoms with Crippen molar-refractivity contribution in [3.8, 4) is 22.5 Å². The van der Waals surface area contributed by atoms with Gasteiger partial charge in [-0.25, -0.2) is 19.9 Å². The van der Waals surface area contributed by atoms with Gasteiger partial charge in [-0.05, 0) is 30.3 Å². The van der Waals surface area contributed by atoms with Crippen molar-refractivity contribution < 1.29 is 4.79 Å². The zero-order valence-electron chi connectivity index (χ0n) is 18.0. The van der Waals surface area contributed by atoms with E-state index < -0.39 is 0 Å². The molecule has 0 N–H and O–H groups in total. The smallest absolute Gasteiger partial charge is 0.165 e. The Hall–Kier alpha value is -2.95. The SMILES string of the molecule is CC(C)C(=O)c1cc(-c2ccnc(C(C)C)n2)cc(-c2ccnc(C(C)C)n2)c1. The number of Topliss-reactive ketones (excluding diaryl/α,β-unsaturated/α-hetero) is 1. The van der Waals surface area contributed by atoms with Crippen molar-refractivity contribution in [1.82, 2.24) is 19.9 Å². The highest BCUT2D eigenvalue weighted by Crippen LogP contribution is 2.28. The molecule has 0 spiro atoms. The fourth-order valence-corrected chi connectivity index (χ4v) is 3.02. The summed E-state index contributed by atoms with van der Waals surface area (Å²) < 4.78 is 0. The number of rotatable bonds is 6. The predicted molar refractivity (Wildman–Crippen MR) is 116 cm³/mol. The predicted octanol–water partition coefficient (Wildman–Crippen LogP) is 5.69. The van der Waals surface area contributed by atoms with Crippen LogP contribution in [-0.4, -0.2) is 25.7 Å². The van der Waals surface area contributed by atoms with Crippen molar-refractivity contribution in [2.75, 3.05) is 0 Å². The number of aromatic nitrogens is 4. The highest BCUT2D eigenvalue weighted by atomic mass is 16.1. The summed E-state index contributed by atoms with van der Waals surface area (Å²) in [6, 6.07) is 9.64. The molecule has 0 amide bonds. The maximum absolute atomic E-state index is 12.8. The molecular weight excluding hydrogens is 360 g/mol. The molecule has 29 heavy (non-hydrogen) atoms. The van der Waals surface area contributed by atoms with Gasteiger partial charge in [0.25, 0.3) is 0 Å². The molecule has 0 radical (unpaired) electrons. The first-order valence-corrected chi connectivity index (χ1v) is 10.1. The number of carbonyl (C=O) groups excluding carboxylic acids is 1. The van der Waals surface area contributed by atoms with Crippen molar-refractivity contribution in [3.63, 3.8) is 0 Å². The minimum absolute atomic E-state index is 0.0913. The molecule has 5 nitrogen and oxygen atoms in total. The second-order valence-corrected chi connectivity index (χ2v) is 8.23. The third-order valence-corrected chi connectivity index (χ3v) is 4.71. The van der Waals surface area contributed by atoms with E-state index in [1.807, 2.05) is 44.2 Å². The van der Waals surface area contributed by atoms with Gasteiger partial charge in [-0.15, -0.1) is 0 Å². The lowest BCUT2D eigenvalue weighted by atomic mass is 9.94. The topological polar surface area (TPSA) is 68.6 Å². The van der Waals surface area contributed by atoms with E-state index in [1.54, 1.807) is 12.4 Å². The van der Waals surface area contributed by atoms with Gasteiger partial charge in [-0.1, -0.05) is 41.5 Å². The maximum Gasteiger partial charge on any atom is 0.165 e. The standard InChI is InChI=1S/C24H28N4O/c1-14(2)22(29)19-12-17(20-7-9-25-23(27-20)15(3)4)11-18(13-19)21-8-10-26-24(28-21)16(5)6/h7-16H,1-6H3. The second kappa shape index (κ2) is 8.60. The number of ketones is 1. The zero-order valence-corrected chi connectivity index (χ0v) is 18.0. The van der Waals surface area contributed by atoms with E-state index in [-0.39, 0.29) is 23.5 Å². The Labute approximate surface area is 172 Å². The fourth-order valence-electron chi connectivity index (χ4n) is 3.02. The Kier molecular flexibility index (Phi) is 6.16. The van der Waals surface area contributed by atoms with Gasteiger partial charge in [0, 0.05) is 46.8 Å². The van der Waals surface area contributed by atoms with Gasteiger partial charge < -0.3 is 0 Å². The summed E-state index contributed by atoms with van der Waals surface area (Å²) in [5.41, 5.74) is 4.06. The van der Waals surface area contributed by atoms with Gasteiger partial charge in [0.15, 0.2) is 5.78 Å². The van der Waals surface area contributed by atoms with Crippen LogP contribution < -0.4 is 0 Å². The van der Waals surface area contributed by atoms with Crippen LogP contribution >= 0.6 is 0 Å². The number of hydrogen-bond acceptors (Lipinski definition) is 5. The van der Waals surface area contributed by atoms with E-state index >= 15 is 0 Å². The molecule has 3 aromatic rings. The summed E-state index contributed by atoms with van der Waals surface area (Å²) in [7, 11) is 0. The largest absolute Gasteiger partial charge is 0.294 e. The quantitative estimate of drug-likeness (QED) is 0.508. The first-order valence-electron chi connectivity index (χ1n) is 10.1. The Morgan fingerprint density at radius 3 is 1.55 bits per heavy atom. The molecule has 0 unspecified atom stereocenters. The van der Waals surface area contributed by atoms with Crippen molar-refractivity contribution in [1.29, 1.82) is 0 Å². The monoisotopic (exact) mass is 388 g/mol. The van der Waals surface area contributed by atoms with E-state index in [1.165, 1.54) is 0 Å². The van der Waals surface area contributed by atoms with Crippen LogP contribution in [0.2, 0.25) is 0 Å². The highest BCUT2D eigenvalue weighted by Gasteiger charge is 2.16. The number of nitrogens with zero attached hydrogens (tertiary/aromatic N) is 4. The van der Waals surface area contributed by atoms with Gasteiger partial charge in [-0.3, -0.25) is 4.79 Å². The molecule has 2 heterocycles. The van der Waals surface area contributed by atoms with E-state index in [0.29, 0.717) is 5.56 Å². The number of hydrogen-bond donors (Lipinski definition) is 0. The summed E-state index contributed by atoms with van der Waals surface area (Å²) >= 11 is 0. The molecule has 0 aliphatic rings. The lowest BCUT2D eigenvalue weighted by molar-refractivity contribution is 0.0939. The fraction of sp³-hybridized carbons (Fsp3) is 0.375. The van der Waals surface area contributed by atoms with Crippen LogP contribution in [0.3, 0.4) is 0 Å². The minimum Gasteiger partial charge on any atom is -0.294 e. The highest BCUT2D eigenvalue weighted by molar-refractivity contribution is 5.99. The van der Waals surface area contributed by atoms with Gasteiger partial charge in [0.2, 0.25) is 0 Å². The molecular formula is C24H28N4O. The molecule has 0 aliphatic carbocycles. The Morgan fingerprint density at radius 1 is 0.724 bits per heavy atom. The van der Waals surface area contributed by atoms with Crippen LogP contribution in [0.5, 0.6) is 0 Å².